The predicted molar refractivity (Wildman–Crippen MR) is 119 cm³/mol. The highest BCUT2D eigenvalue weighted by atomic mass is 16.6. The summed E-state index contributed by atoms with van der Waals surface area (Å²) in [5.74, 6) is -0.281. The van der Waals surface area contributed by atoms with Gasteiger partial charge in [0.05, 0.1) is 51.0 Å². The molecule has 33 heavy (non-hydrogen) atoms. The van der Waals surface area contributed by atoms with Gasteiger partial charge in [-0.25, -0.2) is 0 Å². The molecule has 176 valence electrons. The summed E-state index contributed by atoms with van der Waals surface area (Å²) in [5, 5.41) is 0. The fraction of sp³-hybridized carbons (Fsp3) is 0.630. The standard InChI is InChI=1S/C27H32O6/c1-14-16(15-7-9-31-12-15)10-17-21(14)27(4)18(11-20(29)30-5)26(3)19(28)6-8-25(2)13-32-22(23(25)26)24(27)33-17/h6-9,12,16-18,22-24H,10-11,13H2,1-5H3/t16-,17+,18+,22+,23-,24+,25-,26-,27+/m0/s1. The number of fused-ring (bicyclic) bond motifs is 4. The summed E-state index contributed by atoms with van der Waals surface area (Å²) < 4.78 is 23.8. The number of hydrogen-bond acceptors (Lipinski definition) is 6. The zero-order valence-electron chi connectivity index (χ0n) is 19.9. The first kappa shape index (κ1) is 21.4. The van der Waals surface area contributed by atoms with Crippen LogP contribution in [0.5, 0.6) is 0 Å². The minimum Gasteiger partial charge on any atom is -0.472 e. The van der Waals surface area contributed by atoms with Crippen LogP contribution in [0.25, 0.3) is 0 Å². The molecule has 1 aromatic heterocycles. The van der Waals surface area contributed by atoms with Crippen LogP contribution in [-0.2, 0) is 23.8 Å². The fourth-order valence-electron chi connectivity index (χ4n) is 8.54. The van der Waals surface area contributed by atoms with E-state index in [1.165, 1.54) is 18.3 Å². The van der Waals surface area contributed by atoms with Gasteiger partial charge in [0.2, 0.25) is 0 Å². The molecule has 3 fully saturated rings. The van der Waals surface area contributed by atoms with Gasteiger partial charge in [-0.05, 0) is 42.5 Å². The molecule has 0 bridgehead atoms. The Labute approximate surface area is 194 Å². The number of esters is 1. The van der Waals surface area contributed by atoms with E-state index < -0.39 is 10.8 Å². The van der Waals surface area contributed by atoms with Gasteiger partial charge in [0, 0.05) is 28.1 Å². The number of carbonyl (C=O) groups is 2. The van der Waals surface area contributed by atoms with Gasteiger partial charge in [0.1, 0.15) is 0 Å². The molecule has 2 saturated heterocycles. The molecule has 3 heterocycles. The van der Waals surface area contributed by atoms with Gasteiger partial charge in [-0.15, -0.1) is 0 Å². The monoisotopic (exact) mass is 452 g/mol. The summed E-state index contributed by atoms with van der Waals surface area (Å²) in [6.45, 7) is 9.17. The van der Waals surface area contributed by atoms with Crippen molar-refractivity contribution in [1.82, 2.24) is 0 Å². The summed E-state index contributed by atoms with van der Waals surface area (Å²) in [5.41, 5.74) is 2.14. The van der Waals surface area contributed by atoms with Gasteiger partial charge < -0.3 is 18.6 Å². The largest absolute Gasteiger partial charge is 0.472 e. The second-order valence-corrected chi connectivity index (χ2v) is 11.3. The number of ether oxygens (including phenoxy) is 3. The van der Waals surface area contributed by atoms with E-state index in [2.05, 4.69) is 27.7 Å². The number of hydrogen-bond donors (Lipinski definition) is 0. The van der Waals surface area contributed by atoms with E-state index in [0.29, 0.717) is 6.61 Å². The second kappa shape index (κ2) is 6.70. The topological polar surface area (TPSA) is 75.0 Å². The molecule has 1 saturated carbocycles. The Balaban J connectivity index is 1.56. The first-order valence-corrected chi connectivity index (χ1v) is 12.0. The minimum atomic E-state index is -0.747. The van der Waals surface area contributed by atoms with E-state index in [1.54, 1.807) is 18.6 Å². The number of furan rings is 1. The minimum absolute atomic E-state index is 0.0420. The Hall–Kier alpha value is -2.18. The van der Waals surface area contributed by atoms with Gasteiger partial charge in [0.25, 0.3) is 0 Å². The third-order valence-electron chi connectivity index (χ3n) is 9.91. The molecule has 9 atom stereocenters. The molecule has 0 unspecified atom stereocenters. The third-order valence-corrected chi connectivity index (χ3v) is 9.91. The van der Waals surface area contributed by atoms with Gasteiger partial charge in [0.15, 0.2) is 5.78 Å². The average molecular weight is 453 g/mol. The maximum Gasteiger partial charge on any atom is 0.305 e. The van der Waals surface area contributed by atoms with Gasteiger partial charge >= 0.3 is 5.97 Å². The zero-order chi connectivity index (χ0) is 23.3. The molecule has 1 aromatic rings. The second-order valence-electron chi connectivity index (χ2n) is 11.3. The molecule has 6 heteroatoms. The van der Waals surface area contributed by atoms with Crippen molar-refractivity contribution in [2.45, 2.75) is 64.8 Å². The molecule has 6 nitrogen and oxygen atoms in total. The molecule has 0 amide bonds. The SMILES string of the molecule is COC(=O)C[C@H]1[C@]2(C)C3=C(C)[C@@H](c4ccoc4)C[C@H]3O[C@@H]2[C@@H]2OC[C@]3(C)C=CC(=O)[C@@]1(C)[C@@H]23. The first-order valence-electron chi connectivity index (χ1n) is 12.0. The lowest BCUT2D eigenvalue weighted by Crippen LogP contribution is -2.66. The van der Waals surface area contributed by atoms with Crippen LogP contribution in [-0.4, -0.2) is 43.8 Å². The summed E-state index contributed by atoms with van der Waals surface area (Å²) in [6.07, 6.45) is 7.85. The lowest BCUT2D eigenvalue weighted by molar-refractivity contribution is -0.188. The van der Waals surface area contributed by atoms with Gasteiger partial charge in [-0.3, -0.25) is 9.59 Å². The lowest BCUT2D eigenvalue weighted by atomic mass is 9.42. The van der Waals surface area contributed by atoms with Crippen LogP contribution in [0.2, 0.25) is 0 Å². The van der Waals surface area contributed by atoms with Crippen LogP contribution in [0, 0.1) is 28.1 Å². The third kappa shape index (κ3) is 2.46. The first-order chi connectivity index (χ1) is 15.7. The van der Waals surface area contributed by atoms with Crippen molar-refractivity contribution in [3.63, 3.8) is 0 Å². The van der Waals surface area contributed by atoms with Crippen LogP contribution >= 0.6 is 0 Å². The Kier molecular flexibility index (Phi) is 4.33. The Bertz CT molecular complexity index is 1080. The number of ketones is 1. The molecule has 0 N–H and O–H groups in total. The highest BCUT2D eigenvalue weighted by Gasteiger charge is 2.75. The molecular formula is C27H32O6. The van der Waals surface area contributed by atoms with Crippen LogP contribution in [0.4, 0.5) is 0 Å². The lowest BCUT2D eigenvalue weighted by Gasteiger charge is -2.60. The van der Waals surface area contributed by atoms with Crippen molar-refractivity contribution in [3.8, 4) is 0 Å². The van der Waals surface area contributed by atoms with E-state index in [-0.39, 0.29) is 59.7 Å². The normalized spacial score (nSPS) is 47.5. The van der Waals surface area contributed by atoms with E-state index in [0.717, 1.165) is 12.0 Å². The molecule has 5 aliphatic rings. The molecule has 6 rings (SSSR count). The van der Waals surface area contributed by atoms with Gasteiger partial charge in [-0.2, -0.15) is 0 Å². The zero-order valence-corrected chi connectivity index (χ0v) is 19.9. The Morgan fingerprint density at radius 2 is 2.03 bits per heavy atom. The van der Waals surface area contributed by atoms with Gasteiger partial charge in [-0.1, -0.05) is 32.4 Å². The quantitative estimate of drug-likeness (QED) is 0.505. The number of carbonyl (C=O) groups excluding carboxylic acids is 2. The van der Waals surface area contributed by atoms with E-state index in [4.69, 9.17) is 18.6 Å². The molecule has 0 spiro atoms. The Morgan fingerprint density at radius 1 is 1.24 bits per heavy atom. The molecule has 0 aromatic carbocycles. The maximum absolute atomic E-state index is 13.7. The molecular weight excluding hydrogens is 420 g/mol. The summed E-state index contributed by atoms with van der Waals surface area (Å²) in [6, 6.07) is 2.01. The predicted octanol–water partition coefficient (Wildman–Crippen LogP) is 4.22. The molecule has 0 radical (unpaired) electrons. The van der Waals surface area contributed by atoms with Crippen molar-refractivity contribution in [2.24, 2.45) is 28.1 Å². The number of rotatable bonds is 3. The summed E-state index contributed by atoms with van der Waals surface area (Å²) >= 11 is 0. The highest BCUT2D eigenvalue weighted by Crippen LogP contribution is 2.71. The smallest absolute Gasteiger partial charge is 0.305 e. The number of methoxy groups -OCH3 is 1. The van der Waals surface area contributed by atoms with Crippen molar-refractivity contribution in [1.29, 1.82) is 0 Å². The molecule has 2 aliphatic heterocycles. The van der Waals surface area contributed by atoms with Crippen molar-refractivity contribution in [3.05, 3.63) is 47.5 Å². The van der Waals surface area contributed by atoms with Crippen LogP contribution in [0.15, 0.2) is 46.3 Å². The van der Waals surface area contributed by atoms with Crippen molar-refractivity contribution in [2.75, 3.05) is 13.7 Å². The maximum atomic E-state index is 13.7. The van der Waals surface area contributed by atoms with E-state index in [9.17, 15) is 9.59 Å². The molecule has 3 aliphatic carbocycles. The van der Waals surface area contributed by atoms with Crippen LogP contribution < -0.4 is 0 Å². The van der Waals surface area contributed by atoms with Crippen LogP contribution in [0.1, 0.15) is 52.0 Å². The highest BCUT2D eigenvalue weighted by molar-refractivity contribution is 5.97. The fourth-order valence-corrected chi connectivity index (χ4v) is 8.54. The van der Waals surface area contributed by atoms with Crippen molar-refractivity contribution >= 4 is 11.8 Å². The summed E-state index contributed by atoms with van der Waals surface area (Å²) in [7, 11) is 1.42. The Morgan fingerprint density at radius 3 is 2.73 bits per heavy atom. The average Bonchev–Trinajstić information content (AvgIpc) is 3.54. The van der Waals surface area contributed by atoms with Crippen LogP contribution in [0.3, 0.4) is 0 Å². The summed E-state index contributed by atoms with van der Waals surface area (Å²) in [4.78, 5) is 26.4. The number of allylic oxidation sites excluding steroid dienone is 2. The van der Waals surface area contributed by atoms with E-state index >= 15 is 0 Å². The van der Waals surface area contributed by atoms with Crippen molar-refractivity contribution < 1.29 is 28.2 Å². The van der Waals surface area contributed by atoms with E-state index in [1.807, 2.05) is 12.1 Å².